The van der Waals surface area contributed by atoms with Crippen LogP contribution in [0.15, 0.2) is 146 Å². The van der Waals surface area contributed by atoms with Crippen molar-refractivity contribution in [2.75, 3.05) is 14.7 Å². The van der Waals surface area contributed by atoms with Crippen LogP contribution in [0.1, 0.15) is 213 Å². The lowest BCUT2D eigenvalue weighted by atomic mass is 9.33. The predicted molar refractivity (Wildman–Crippen MR) is 364 cm³/mol. The minimum Gasteiger partial charge on any atom is -0.311 e. The average Bonchev–Trinajstić information content (AvgIpc) is 0.940. The molecule has 0 unspecified atom stereocenters. The Labute approximate surface area is 506 Å². The number of hydrogen-bond donors (Lipinski definition) is 0. The zero-order valence-corrected chi connectivity index (χ0v) is 54.6. The van der Waals surface area contributed by atoms with Crippen molar-refractivity contribution in [3.8, 4) is 11.1 Å². The van der Waals surface area contributed by atoms with Gasteiger partial charge >= 0.3 is 0 Å². The van der Waals surface area contributed by atoms with Crippen LogP contribution >= 0.6 is 0 Å². The summed E-state index contributed by atoms with van der Waals surface area (Å²) in [7, 11) is 0. The summed E-state index contributed by atoms with van der Waals surface area (Å²) >= 11 is 0. The molecule has 8 aromatic rings. The SMILES string of the molecule is Cc1cc2c3c(c1)N(c1ccc4c(c1)C(C)(C)CCC4(C)C)c1cc4c(cc1B3c1ccc(N(c3ccc(C(C)(C)C)cc3)c3ccc(C(C)(C)C)cc3)cc1N2c1ccc2c(c1)C(C)(C)c1cc(C(C)(C)C)ccc1-2)C(C)(C)CCC4(C)C. The molecule has 0 aromatic heterocycles. The van der Waals surface area contributed by atoms with E-state index >= 15 is 0 Å². The summed E-state index contributed by atoms with van der Waals surface area (Å²) in [5.74, 6) is 0. The molecule has 8 aromatic carbocycles. The summed E-state index contributed by atoms with van der Waals surface area (Å²) in [6.07, 6.45) is 4.67. The molecule has 2 heterocycles. The van der Waals surface area contributed by atoms with Gasteiger partial charge in [-0.1, -0.05) is 198 Å². The van der Waals surface area contributed by atoms with Gasteiger partial charge in [-0.25, -0.2) is 0 Å². The highest BCUT2D eigenvalue weighted by Gasteiger charge is 2.48. The fraction of sp³-hybridized carbons (Fsp3) is 0.400. The van der Waals surface area contributed by atoms with E-state index in [1.807, 2.05) is 0 Å². The molecule has 0 atom stereocenters. The highest BCUT2D eigenvalue weighted by molar-refractivity contribution is 7.00. The van der Waals surface area contributed by atoms with Gasteiger partial charge in [0.15, 0.2) is 0 Å². The molecule has 5 aliphatic rings. The summed E-state index contributed by atoms with van der Waals surface area (Å²) in [5, 5.41) is 0. The highest BCUT2D eigenvalue weighted by Crippen LogP contribution is 2.56. The first-order valence-electron chi connectivity index (χ1n) is 31.7. The van der Waals surface area contributed by atoms with Crippen molar-refractivity contribution in [2.24, 2.45) is 0 Å². The summed E-state index contributed by atoms with van der Waals surface area (Å²) in [4.78, 5) is 7.89. The Hall–Kier alpha value is -6.78. The molecule has 3 nitrogen and oxygen atoms in total. The first-order valence-corrected chi connectivity index (χ1v) is 31.7. The third-order valence-electron chi connectivity index (χ3n) is 21.3. The van der Waals surface area contributed by atoms with Crippen LogP contribution in [0, 0.1) is 6.92 Å². The first-order chi connectivity index (χ1) is 39.2. The van der Waals surface area contributed by atoms with Crippen LogP contribution in [-0.2, 0) is 43.3 Å². The van der Waals surface area contributed by atoms with E-state index in [1.54, 1.807) is 0 Å². The van der Waals surface area contributed by atoms with Crippen LogP contribution in [0.4, 0.5) is 51.2 Å². The van der Waals surface area contributed by atoms with Crippen molar-refractivity contribution in [3.63, 3.8) is 0 Å². The normalized spacial score (nSPS) is 18.2. The number of anilines is 9. The monoisotopic (exact) mass is 1110 g/mol. The zero-order chi connectivity index (χ0) is 60.0. The summed E-state index contributed by atoms with van der Waals surface area (Å²) in [6, 6.07) is 58.9. The van der Waals surface area contributed by atoms with Crippen molar-refractivity contribution < 1.29 is 0 Å². The molecule has 0 amide bonds. The predicted octanol–water partition coefficient (Wildman–Crippen LogP) is 20.4. The minimum absolute atomic E-state index is 0.0178. The maximum Gasteiger partial charge on any atom is 0.252 e. The van der Waals surface area contributed by atoms with E-state index in [9.17, 15) is 0 Å². The fourth-order valence-corrected chi connectivity index (χ4v) is 15.6. The maximum atomic E-state index is 2.71. The van der Waals surface area contributed by atoms with Gasteiger partial charge in [-0.15, -0.1) is 0 Å². The summed E-state index contributed by atoms with van der Waals surface area (Å²) < 4.78 is 0. The van der Waals surface area contributed by atoms with Crippen LogP contribution in [0.2, 0.25) is 0 Å². The van der Waals surface area contributed by atoms with Crippen molar-refractivity contribution in [1.29, 1.82) is 0 Å². The Morgan fingerprint density at radius 2 is 0.762 bits per heavy atom. The molecule has 0 N–H and O–H groups in total. The number of rotatable bonds is 5. The lowest BCUT2D eigenvalue weighted by Gasteiger charge is -2.48. The standard InChI is InChI=1S/C80H92BN3/c1-49-41-70-72-71(42-49)84(56-31-35-60-63(45-56)77(13,14)38-37-76(60,11)12)69-48-65-64(78(15,16)39-40-79(65,17)18)47-67(69)81(72)66-36-32-57(82(53-26-21-50(22-27-53)73(2,3)4)54-28-23-51(24-29-54)74(5,6)7)46-68(66)83(70)55-30-34-59-58-33-25-52(75(8,9)10)43-61(58)80(19,20)62(59)44-55/h21-36,41-48H,37-40H2,1-20H3. The van der Waals surface area contributed by atoms with Gasteiger partial charge in [0.1, 0.15) is 0 Å². The lowest BCUT2D eigenvalue weighted by Crippen LogP contribution is -2.62. The van der Waals surface area contributed by atoms with Crippen LogP contribution in [0.5, 0.6) is 0 Å². The Balaban J connectivity index is 1.10. The number of aryl methyl sites for hydroxylation is 1. The number of hydrogen-bond acceptors (Lipinski definition) is 3. The van der Waals surface area contributed by atoms with E-state index in [4.69, 9.17) is 0 Å². The Morgan fingerprint density at radius 3 is 1.27 bits per heavy atom. The lowest BCUT2D eigenvalue weighted by molar-refractivity contribution is 0.332. The molecular weight excluding hydrogens is 1010 g/mol. The summed E-state index contributed by atoms with van der Waals surface area (Å²) in [5.41, 5.74) is 31.9. The fourth-order valence-electron chi connectivity index (χ4n) is 15.6. The van der Waals surface area contributed by atoms with Crippen LogP contribution in [0.25, 0.3) is 11.1 Å². The molecular formula is C80H92BN3. The van der Waals surface area contributed by atoms with E-state index in [2.05, 4.69) is 299 Å². The van der Waals surface area contributed by atoms with Crippen LogP contribution in [0.3, 0.4) is 0 Å². The second-order valence-electron chi connectivity index (χ2n) is 32.6. The first kappa shape index (κ1) is 56.4. The van der Waals surface area contributed by atoms with Gasteiger partial charge in [0.05, 0.1) is 0 Å². The molecule has 0 radical (unpaired) electrons. The molecule has 0 saturated carbocycles. The smallest absolute Gasteiger partial charge is 0.252 e. The molecule has 2 aliphatic heterocycles. The van der Waals surface area contributed by atoms with Crippen LogP contribution < -0.4 is 31.1 Å². The molecule has 3 aliphatic carbocycles. The molecule has 0 bridgehead atoms. The van der Waals surface area contributed by atoms with Crippen LogP contribution in [-0.4, -0.2) is 6.71 Å². The third kappa shape index (κ3) is 8.78. The van der Waals surface area contributed by atoms with Gasteiger partial charge in [-0.2, -0.15) is 0 Å². The average molecular weight is 1110 g/mol. The van der Waals surface area contributed by atoms with E-state index in [-0.39, 0.29) is 50.0 Å². The number of benzene rings is 8. The van der Waals surface area contributed by atoms with Gasteiger partial charge < -0.3 is 14.7 Å². The molecule has 430 valence electrons. The largest absolute Gasteiger partial charge is 0.311 e. The topological polar surface area (TPSA) is 9.72 Å². The molecule has 84 heavy (non-hydrogen) atoms. The molecule has 0 fully saturated rings. The zero-order valence-electron chi connectivity index (χ0n) is 54.6. The van der Waals surface area contributed by atoms with Crippen molar-refractivity contribution in [2.45, 2.75) is 207 Å². The van der Waals surface area contributed by atoms with E-state index in [0.717, 1.165) is 29.9 Å². The number of fused-ring (bicyclic) bond motifs is 9. The highest BCUT2D eigenvalue weighted by atomic mass is 15.2. The quantitative estimate of drug-likeness (QED) is 0.159. The van der Waals surface area contributed by atoms with Crippen molar-refractivity contribution >= 4 is 74.3 Å². The van der Waals surface area contributed by atoms with Gasteiger partial charge in [-0.3, -0.25) is 0 Å². The van der Waals surface area contributed by atoms with E-state index in [1.165, 1.54) is 130 Å². The van der Waals surface area contributed by atoms with E-state index in [0.29, 0.717) is 0 Å². The Bertz CT molecular complexity index is 3950. The maximum absolute atomic E-state index is 2.71. The number of nitrogens with zero attached hydrogens (tertiary/aromatic N) is 3. The molecule has 0 spiro atoms. The van der Waals surface area contributed by atoms with Gasteiger partial charge in [0.25, 0.3) is 6.71 Å². The third-order valence-corrected chi connectivity index (χ3v) is 21.3. The molecule has 0 saturated heterocycles. The van der Waals surface area contributed by atoms with Crippen molar-refractivity contribution in [1.82, 2.24) is 0 Å². The van der Waals surface area contributed by atoms with Gasteiger partial charge in [-0.05, 0) is 233 Å². The summed E-state index contributed by atoms with van der Waals surface area (Å²) in [6.45, 7) is 47.9. The second-order valence-corrected chi connectivity index (χ2v) is 32.6. The molecule has 4 heteroatoms. The minimum atomic E-state index is -0.212. The van der Waals surface area contributed by atoms with Crippen molar-refractivity contribution in [3.05, 3.63) is 201 Å². The Morgan fingerprint density at radius 1 is 0.357 bits per heavy atom. The van der Waals surface area contributed by atoms with E-state index < -0.39 is 0 Å². The second kappa shape index (κ2) is 18.4. The van der Waals surface area contributed by atoms with Gasteiger partial charge in [0.2, 0.25) is 0 Å². The van der Waals surface area contributed by atoms with Gasteiger partial charge in [0, 0.05) is 56.6 Å². The molecule has 13 rings (SSSR count). The Kier molecular flexibility index (Phi) is 12.3.